The lowest BCUT2D eigenvalue weighted by Crippen LogP contribution is -2.20. The topological polar surface area (TPSA) is 38.3 Å². The van der Waals surface area contributed by atoms with Gasteiger partial charge in [0, 0.05) is 8.04 Å². The van der Waals surface area contributed by atoms with Crippen LogP contribution in [-0.2, 0) is 4.79 Å². The molecule has 0 spiro atoms. The molecule has 0 heterocycles. The molecule has 0 saturated heterocycles. The zero-order chi connectivity index (χ0) is 14.5. The highest BCUT2D eigenvalue weighted by molar-refractivity contribution is 14.1. The Kier molecular flexibility index (Phi) is 5.42. The van der Waals surface area contributed by atoms with E-state index in [9.17, 15) is 4.79 Å². The quantitative estimate of drug-likeness (QED) is 0.709. The van der Waals surface area contributed by atoms with Crippen LogP contribution in [0.5, 0.6) is 5.75 Å². The highest BCUT2D eigenvalue weighted by atomic mass is 127. The van der Waals surface area contributed by atoms with Gasteiger partial charge in [-0.2, -0.15) is 0 Å². The van der Waals surface area contributed by atoms with Gasteiger partial charge in [-0.05, 0) is 81.3 Å². The Morgan fingerprint density at radius 1 is 1.30 bits per heavy atom. The van der Waals surface area contributed by atoms with Crippen LogP contribution in [0.15, 0.2) is 46.9 Å². The Morgan fingerprint density at radius 2 is 2.10 bits per heavy atom. The van der Waals surface area contributed by atoms with E-state index in [1.165, 1.54) is 0 Å². The summed E-state index contributed by atoms with van der Waals surface area (Å²) in [6, 6.07) is 13.3. The predicted octanol–water partition coefficient (Wildman–Crippen LogP) is 4.38. The molecule has 0 atom stereocenters. The number of amides is 1. The predicted molar refractivity (Wildman–Crippen MR) is 92.2 cm³/mol. The number of nitrogens with one attached hydrogen (secondary N) is 1. The van der Waals surface area contributed by atoms with Crippen molar-refractivity contribution in [3.8, 4) is 5.75 Å². The number of hydrogen-bond donors (Lipinski definition) is 1. The monoisotopic (exact) mass is 445 g/mol. The fourth-order valence-electron chi connectivity index (χ4n) is 1.61. The van der Waals surface area contributed by atoms with Crippen LogP contribution in [0.2, 0.25) is 0 Å². The SMILES string of the molecule is Cc1ccc(NC(=O)COc2cccc(I)c2)c(Br)c1. The summed E-state index contributed by atoms with van der Waals surface area (Å²) in [6.07, 6.45) is 0. The van der Waals surface area contributed by atoms with Gasteiger partial charge in [0.2, 0.25) is 0 Å². The van der Waals surface area contributed by atoms with Gasteiger partial charge < -0.3 is 10.1 Å². The largest absolute Gasteiger partial charge is 0.484 e. The molecule has 0 aliphatic carbocycles. The van der Waals surface area contributed by atoms with Crippen LogP contribution in [0.3, 0.4) is 0 Å². The summed E-state index contributed by atoms with van der Waals surface area (Å²) in [5.74, 6) is 0.503. The molecule has 0 bridgehead atoms. The molecular weight excluding hydrogens is 433 g/mol. The molecule has 0 aromatic heterocycles. The molecule has 20 heavy (non-hydrogen) atoms. The van der Waals surface area contributed by atoms with Crippen molar-refractivity contribution >= 4 is 50.1 Å². The van der Waals surface area contributed by atoms with E-state index in [1.807, 2.05) is 49.4 Å². The molecule has 0 radical (unpaired) electrons. The van der Waals surface area contributed by atoms with E-state index >= 15 is 0 Å². The third-order valence-electron chi connectivity index (χ3n) is 2.56. The molecule has 0 saturated carbocycles. The molecule has 2 aromatic carbocycles. The fraction of sp³-hybridized carbons (Fsp3) is 0.133. The van der Waals surface area contributed by atoms with E-state index in [0.29, 0.717) is 5.75 Å². The molecular formula is C15H13BrINO2. The lowest BCUT2D eigenvalue weighted by atomic mass is 10.2. The summed E-state index contributed by atoms with van der Waals surface area (Å²) in [5.41, 5.74) is 1.87. The Morgan fingerprint density at radius 3 is 2.80 bits per heavy atom. The lowest BCUT2D eigenvalue weighted by molar-refractivity contribution is -0.118. The van der Waals surface area contributed by atoms with Crippen LogP contribution in [0.1, 0.15) is 5.56 Å². The van der Waals surface area contributed by atoms with E-state index in [0.717, 1.165) is 19.3 Å². The summed E-state index contributed by atoms with van der Waals surface area (Å²) in [7, 11) is 0. The van der Waals surface area contributed by atoms with Gasteiger partial charge in [-0.15, -0.1) is 0 Å². The third kappa shape index (κ3) is 4.49. The van der Waals surface area contributed by atoms with Gasteiger partial charge in [-0.1, -0.05) is 12.1 Å². The van der Waals surface area contributed by atoms with Crippen molar-refractivity contribution < 1.29 is 9.53 Å². The maximum atomic E-state index is 11.8. The Hall–Kier alpha value is -1.08. The van der Waals surface area contributed by atoms with Crippen LogP contribution in [0.4, 0.5) is 5.69 Å². The number of ether oxygens (including phenoxy) is 1. The molecule has 1 amide bonds. The average molecular weight is 446 g/mol. The number of benzene rings is 2. The molecule has 0 fully saturated rings. The minimum atomic E-state index is -0.187. The summed E-state index contributed by atoms with van der Waals surface area (Å²) in [4.78, 5) is 11.8. The Bertz CT molecular complexity index is 631. The number of anilines is 1. The second-order valence-electron chi connectivity index (χ2n) is 4.28. The minimum absolute atomic E-state index is 0.0135. The highest BCUT2D eigenvalue weighted by Crippen LogP contribution is 2.23. The zero-order valence-corrected chi connectivity index (χ0v) is 14.6. The number of carbonyl (C=O) groups excluding carboxylic acids is 1. The number of aryl methyl sites for hydroxylation is 1. The highest BCUT2D eigenvalue weighted by Gasteiger charge is 2.06. The van der Waals surface area contributed by atoms with Crippen LogP contribution >= 0.6 is 38.5 Å². The molecule has 1 N–H and O–H groups in total. The normalized spacial score (nSPS) is 10.2. The van der Waals surface area contributed by atoms with Crippen LogP contribution in [0, 0.1) is 10.5 Å². The molecule has 0 aliphatic heterocycles. The van der Waals surface area contributed by atoms with Crippen molar-refractivity contribution in [2.45, 2.75) is 6.92 Å². The summed E-state index contributed by atoms with van der Waals surface area (Å²) in [6.45, 7) is 1.98. The minimum Gasteiger partial charge on any atom is -0.484 e. The van der Waals surface area contributed by atoms with E-state index in [-0.39, 0.29) is 12.5 Å². The smallest absolute Gasteiger partial charge is 0.262 e. The van der Waals surface area contributed by atoms with Gasteiger partial charge in [0.1, 0.15) is 5.75 Å². The fourth-order valence-corrected chi connectivity index (χ4v) is 2.72. The van der Waals surface area contributed by atoms with Crippen molar-refractivity contribution in [2.24, 2.45) is 0 Å². The molecule has 2 rings (SSSR count). The molecule has 5 heteroatoms. The maximum Gasteiger partial charge on any atom is 0.262 e. The standard InChI is InChI=1S/C15H13BrINO2/c1-10-5-6-14(13(16)7-10)18-15(19)9-20-12-4-2-3-11(17)8-12/h2-8H,9H2,1H3,(H,18,19). The maximum absolute atomic E-state index is 11.8. The van der Waals surface area contributed by atoms with Gasteiger partial charge in [0.15, 0.2) is 6.61 Å². The molecule has 0 aliphatic rings. The van der Waals surface area contributed by atoms with Crippen molar-refractivity contribution in [1.29, 1.82) is 0 Å². The summed E-state index contributed by atoms with van der Waals surface area (Å²) < 4.78 is 7.38. The Balaban J connectivity index is 1.92. The number of halogens is 2. The molecule has 104 valence electrons. The van der Waals surface area contributed by atoms with E-state index < -0.39 is 0 Å². The zero-order valence-electron chi connectivity index (χ0n) is 10.8. The summed E-state index contributed by atoms with van der Waals surface area (Å²) >= 11 is 5.63. The van der Waals surface area contributed by atoms with Crippen molar-refractivity contribution in [3.63, 3.8) is 0 Å². The van der Waals surface area contributed by atoms with Crippen molar-refractivity contribution in [1.82, 2.24) is 0 Å². The van der Waals surface area contributed by atoms with Gasteiger partial charge in [0.05, 0.1) is 5.69 Å². The first-order valence-corrected chi connectivity index (χ1v) is 7.86. The number of carbonyl (C=O) groups is 1. The second-order valence-corrected chi connectivity index (χ2v) is 6.38. The first-order chi connectivity index (χ1) is 9.54. The Labute approximate surface area is 140 Å². The third-order valence-corrected chi connectivity index (χ3v) is 3.89. The van der Waals surface area contributed by atoms with Gasteiger partial charge in [-0.25, -0.2) is 0 Å². The van der Waals surface area contributed by atoms with E-state index in [4.69, 9.17) is 4.74 Å². The van der Waals surface area contributed by atoms with Crippen LogP contribution < -0.4 is 10.1 Å². The van der Waals surface area contributed by atoms with Crippen molar-refractivity contribution in [3.05, 3.63) is 56.1 Å². The summed E-state index contributed by atoms with van der Waals surface area (Å²) in [5, 5.41) is 2.81. The number of hydrogen-bond acceptors (Lipinski definition) is 2. The number of rotatable bonds is 4. The molecule has 0 unspecified atom stereocenters. The molecule has 2 aromatic rings. The van der Waals surface area contributed by atoms with Gasteiger partial charge in [0.25, 0.3) is 5.91 Å². The van der Waals surface area contributed by atoms with Crippen LogP contribution in [0.25, 0.3) is 0 Å². The van der Waals surface area contributed by atoms with E-state index in [2.05, 4.69) is 43.8 Å². The van der Waals surface area contributed by atoms with Gasteiger partial charge in [-0.3, -0.25) is 4.79 Å². The van der Waals surface area contributed by atoms with Crippen molar-refractivity contribution in [2.75, 3.05) is 11.9 Å². The second kappa shape index (κ2) is 7.08. The average Bonchev–Trinajstić information content (AvgIpc) is 2.40. The van der Waals surface area contributed by atoms with Gasteiger partial charge >= 0.3 is 0 Å². The molecule has 3 nitrogen and oxygen atoms in total. The first-order valence-electron chi connectivity index (χ1n) is 5.99. The first kappa shape index (κ1) is 15.3. The lowest BCUT2D eigenvalue weighted by Gasteiger charge is -2.09. The van der Waals surface area contributed by atoms with Crippen LogP contribution in [-0.4, -0.2) is 12.5 Å². The van der Waals surface area contributed by atoms with E-state index in [1.54, 1.807) is 0 Å².